The number of ether oxygens (including phenoxy) is 1. The van der Waals surface area contributed by atoms with E-state index in [4.69, 9.17) is 4.74 Å². The summed E-state index contributed by atoms with van der Waals surface area (Å²) >= 11 is 1.61. The number of aromatic nitrogens is 1. The van der Waals surface area contributed by atoms with E-state index < -0.39 is 0 Å². The van der Waals surface area contributed by atoms with E-state index in [9.17, 15) is 9.59 Å². The molecule has 6 nitrogen and oxygen atoms in total. The van der Waals surface area contributed by atoms with Crippen LogP contribution in [0.5, 0.6) is 5.75 Å². The summed E-state index contributed by atoms with van der Waals surface area (Å²) in [6.07, 6.45) is 1.30. The highest BCUT2D eigenvalue weighted by Crippen LogP contribution is 2.26. The van der Waals surface area contributed by atoms with Crippen molar-refractivity contribution in [3.63, 3.8) is 0 Å². The molecule has 1 aromatic heterocycles. The van der Waals surface area contributed by atoms with Crippen LogP contribution in [0.1, 0.15) is 28.2 Å². The molecule has 4 rings (SSSR count). The first-order valence-electron chi connectivity index (χ1n) is 10.3. The molecule has 2 aromatic carbocycles. The molecule has 7 heteroatoms. The van der Waals surface area contributed by atoms with Crippen LogP contribution in [0.15, 0.2) is 53.9 Å². The third-order valence-electron chi connectivity index (χ3n) is 5.53. The van der Waals surface area contributed by atoms with Crippen molar-refractivity contribution in [1.29, 1.82) is 0 Å². The Kier molecular flexibility index (Phi) is 6.32. The standard InChI is InChI=1S/C24H25N3O3S/c1-16-25-22(15-31-16)19-4-3-5-20(14-19)26-23(28)17-10-12-27(13-11-17)24(29)18-6-8-21(30-2)9-7-18/h3-9,14-15,17H,10-13H2,1-2H3,(H,26,28). The van der Waals surface area contributed by atoms with Gasteiger partial charge in [0.15, 0.2) is 0 Å². The summed E-state index contributed by atoms with van der Waals surface area (Å²) in [5, 5.41) is 6.07. The number of aryl methyl sites for hydroxylation is 1. The molecule has 0 unspecified atom stereocenters. The van der Waals surface area contributed by atoms with Crippen LogP contribution in [0.3, 0.4) is 0 Å². The number of rotatable bonds is 5. The third kappa shape index (κ3) is 4.94. The molecule has 1 fully saturated rings. The van der Waals surface area contributed by atoms with Gasteiger partial charge in [0.1, 0.15) is 5.75 Å². The summed E-state index contributed by atoms with van der Waals surface area (Å²) in [4.78, 5) is 31.8. The van der Waals surface area contributed by atoms with E-state index >= 15 is 0 Å². The van der Waals surface area contributed by atoms with Crippen molar-refractivity contribution >= 4 is 28.8 Å². The number of likely N-dealkylation sites (tertiary alicyclic amines) is 1. The molecule has 3 aromatic rings. The molecule has 2 amide bonds. The van der Waals surface area contributed by atoms with Gasteiger partial charge in [-0.3, -0.25) is 9.59 Å². The summed E-state index contributed by atoms with van der Waals surface area (Å²) in [5.41, 5.74) is 3.31. The number of anilines is 1. The largest absolute Gasteiger partial charge is 0.497 e. The average molecular weight is 436 g/mol. The molecule has 0 aliphatic carbocycles. The van der Waals surface area contributed by atoms with E-state index in [1.165, 1.54) is 0 Å². The SMILES string of the molecule is COc1ccc(C(=O)N2CCC(C(=O)Nc3cccc(-c4csc(C)n4)c3)CC2)cc1. The Morgan fingerprint density at radius 1 is 1.13 bits per heavy atom. The fourth-order valence-corrected chi connectivity index (χ4v) is 4.38. The number of benzene rings is 2. The van der Waals surface area contributed by atoms with Gasteiger partial charge in [0, 0.05) is 41.2 Å². The van der Waals surface area contributed by atoms with Crippen LogP contribution in [0, 0.1) is 12.8 Å². The zero-order valence-electron chi connectivity index (χ0n) is 17.6. The minimum absolute atomic E-state index is 0.00292. The number of nitrogens with one attached hydrogen (secondary N) is 1. The zero-order chi connectivity index (χ0) is 21.8. The Hall–Kier alpha value is -3.19. The molecule has 0 saturated carbocycles. The summed E-state index contributed by atoms with van der Waals surface area (Å²) in [6.45, 7) is 3.12. The van der Waals surface area contributed by atoms with Crippen molar-refractivity contribution in [1.82, 2.24) is 9.88 Å². The minimum Gasteiger partial charge on any atom is -0.497 e. The van der Waals surface area contributed by atoms with Gasteiger partial charge in [-0.1, -0.05) is 12.1 Å². The first kappa shape index (κ1) is 21.1. The van der Waals surface area contributed by atoms with Gasteiger partial charge < -0.3 is 15.0 Å². The summed E-state index contributed by atoms with van der Waals surface area (Å²) in [6, 6.07) is 14.9. The maximum Gasteiger partial charge on any atom is 0.253 e. The second-order valence-electron chi connectivity index (χ2n) is 7.62. The van der Waals surface area contributed by atoms with Gasteiger partial charge in [0.05, 0.1) is 17.8 Å². The number of carbonyl (C=O) groups is 2. The fraction of sp³-hybridized carbons (Fsp3) is 0.292. The van der Waals surface area contributed by atoms with E-state index in [0.29, 0.717) is 31.5 Å². The highest BCUT2D eigenvalue weighted by atomic mass is 32.1. The van der Waals surface area contributed by atoms with Gasteiger partial charge in [-0.25, -0.2) is 4.98 Å². The maximum absolute atomic E-state index is 12.8. The lowest BCUT2D eigenvalue weighted by Gasteiger charge is -2.31. The van der Waals surface area contributed by atoms with Crippen LogP contribution in [0.2, 0.25) is 0 Å². The summed E-state index contributed by atoms with van der Waals surface area (Å²) < 4.78 is 5.14. The van der Waals surface area contributed by atoms with E-state index in [1.807, 2.05) is 41.5 Å². The van der Waals surface area contributed by atoms with Crippen molar-refractivity contribution in [3.8, 4) is 17.0 Å². The lowest BCUT2D eigenvalue weighted by Crippen LogP contribution is -2.41. The van der Waals surface area contributed by atoms with Crippen molar-refractivity contribution in [2.24, 2.45) is 5.92 Å². The van der Waals surface area contributed by atoms with Crippen LogP contribution in [-0.4, -0.2) is 41.9 Å². The average Bonchev–Trinajstić information content (AvgIpc) is 3.25. The normalized spacial score (nSPS) is 14.3. The van der Waals surface area contributed by atoms with Crippen LogP contribution in [0.25, 0.3) is 11.3 Å². The predicted octanol–water partition coefficient (Wildman–Crippen LogP) is 4.62. The second kappa shape index (κ2) is 9.31. The Morgan fingerprint density at radius 2 is 1.87 bits per heavy atom. The quantitative estimate of drug-likeness (QED) is 0.635. The molecule has 0 bridgehead atoms. The lowest BCUT2D eigenvalue weighted by molar-refractivity contribution is -0.121. The topological polar surface area (TPSA) is 71.5 Å². The number of nitrogens with zero attached hydrogens (tertiary/aromatic N) is 2. The highest BCUT2D eigenvalue weighted by molar-refractivity contribution is 7.09. The second-order valence-corrected chi connectivity index (χ2v) is 8.68. The number of hydrogen-bond acceptors (Lipinski definition) is 5. The number of thiazole rings is 1. The molecular weight excluding hydrogens is 410 g/mol. The van der Waals surface area contributed by atoms with Crippen LogP contribution in [-0.2, 0) is 4.79 Å². The molecule has 31 heavy (non-hydrogen) atoms. The molecule has 0 radical (unpaired) electrons. The molecule has 0 atom stereocenters. The molecule has 1 aliphatic rings. The number of piperidine rings is 1. The Morgan fingerprint density at radius 3 is 2.52 bits per heavy atom. The van der Waals surface area contributed by atoms with E-state index in [1.54, 1.807) is 42.7 Å². The first-order chi connectivity index (χ1) is 15.0. The Labute approximate surface area is 185 Å². The molecule has 2 heterocycles. The maximum atomic E-state index is 12.8. The first-order valence-corrected chi connectivity index (χ1v) is 11.2. The smallest absolute Gasteiger partial charge is 0.253 e. The zero-order valence-corrected chi connectivity index (χ0v) is 18.4. The lowest BCUT2D eigenvalue weighted by atomic mass is 9.95. The number of amides is 2. The number of methoxy groups -OCH3 is 1. The van der Waals surface area contributed by atoms with Crippen LogP contribution < -0.4 is 10.1 Å². The Bertz CT molecular complexity index is 1070. The molecular formula is C24H25N3O3S. The van der Waals surface area contributed by atoms with Crippen LogP contribution in [0.4, 0.5) is 5.69 Å². The van der Waals surface area contributed by atoms with Crippen molar-refractivity contribution in [3.05, 3.63) is 64.5 Å². The van der Waals surface area contributed by atoms with Gasteiger partial charge in [-0.05, 0) is 56.2 Å². The molecule has 1 aliphatic heterocycles. The van der Waals surface area contributed by atoms with Crippen molar-refractivity contribution in [2.75, 3.05) is 25.5 Å². The van der Waals surface area contributed by atoms with E-state index in [0.717, 1.165) is 27.7 Å². The molecule has 0 spiro atoms. The summed E-state index contributed by atoms with van der Waals surface area (Å²) in [7, 11) is 1.60. The van der Waals surface area contributed by atoms with E-state index in [-0.39, 0.29) is 17.7 Å². The third-order valence-corrected chi connectivity index (χ3v) is 6.31. The molecule has 160 valence electrons. The summed E-state index contributed by atoms with van der Waals surface area (Å²) in [5.74, 6) is 0.613. The van der Waals surface area contributed by atoms with Crippen molar-refractivity contribution in [2.45, 2.75) is 19.8 Å². The van der Waals surface area contributed by atoms with Gasteiger partial charge in [0.2, 0.25) is 5.91 Å². The van der Waals surface area contributed by atoms with Crippen LogP contribution >= 0.6 is 11.3 Å². The highest BCUT2D eigenvalue weighted by Gasteiger charge is 2.28. The number of hydrogen-bond donors (Lipinski definition) is 1. The van der Waals surface area contributed by atoms with Gasteiger partial charge in [-0.15, -0.1) is 11.3 Å². The Balaban J connectivity index is 1.33. The molecule has 1 saturated heterocycles. The predicted molar refractivity (Wildman–Crippen MR) is 123 cm³/mol. The van der Waals surface area contributed by atoms with E-state index in [2.05, 4.69) is 10.3 Å². The monoisotopic (exact) mass is 435 g/mol. The van der Waals surface area contributed by atoms with Gasteiger partial charge >= 0.3 is 0 Å². The molecule has 1 N–H and O–H groups in total. The van der Waals surface area contributed by atoms with Gasteiger partial charge in [0.25, 0.3) is 5.91 Å². The fourth-order valence-electron chi connectivity index (χ4n) is 3.76. The number of carbonyl (C=O) groups excluding carboxylic acids is 2. The van der Waals surface area contributed by atoms with Gasteiger partial charge in [-0.2, -0.15) is 0 Å². The van der Waals surface area contributed by atoms with Crippen molar-refractivity contribution < 1.29 is 14.3 Å². The minimum atomic E-state index is -0.106.